The molecule has 4 heteroatoms. The van der Waals surface area contributed by atoms with Crippen molar-refractivity contribution in [1.82, 2.24) is 5.32 Å². The van der Waals surface area contributed by atoms with Crippen LogP contribution in [0, 0.1) is 0 Å². The van der Waals surface area contributed by atoms with Crippen molar-refractivity contribution < 1.29 is 14.6 Å². The van der Waals surface area contributed by atoms with E-state index in [1.807, 2.05) is 31.2 Å². The van der Waals surface area contributed by atoms with Gasteiger partial charge in [0, 0.05) is 11.6 Å². The highest BCUT2D eigenvalue weighted by Crippen LogP contribution is 2.29. The molecule has 2 N–H and O–H groups in total. The molecule has 4 nitrogen and oxygen atoms in total. The minimum absolute atomic E-state index is 0.00210. The second-order valence-corrected chi connectivity index (χ2v) is 5.44. The fourth-order valence-electron chi connectivity index (χ4n) is 2.75. The Kier molecular flexibility index (Phi) is 5.39. The normalized spacial score (nSPS) is 17.0. The van der Waals surface area contributed by atoms with E-state index < -0.39 is 5.54 Å². The quantitative estimate of drug-likeness (QED) is 0.791. The molecule has 2 rings (SSSR count). The van der Waals surface area contributed by atoms with Gasteiger partial charge in [-0.25, -0.2) is 0 Å². The summed E-state index contributed by atoms with van der Waals surface area (Å²) in [5.41, 5.74) is 0.444. The molecule has 0 unspecified atom stereocenters. The SMILES string of the molecule is CCOc1ccccc1C=CC(=O)NC1(CO)CCCC1. The van der Waals surface area contributed by atoms with Crippen LogP contribution in [0.5, 0.6) is 5.75 Å². The highest BCUT2D eigenvalue weighted by atomic mass is 16.5. The molecular weight excluding hydrogens is 266 g/mol. The van der Waals surface area contributed by atoms with Gasteiger partial charge in [0.1, 0.15) is 5.75 Å². The summed E-state index contributed by atoms with van der Waals surface area (Å²) in [7, 11) is 0. The molecule has 1 aliphatic rings. The van der Waals surface area contributed by atoms with Crippen LogP contribution in [0.4, 0.5) is 0 Å². The van der Waals surface area contributed by atoms with Crippen molar-refractivity contribution in [2.45, 2.75) is 38.1 Å². The highest BCUT2D eigenvalue weighted by molar-refractivity contribution is 5.92. The Morgan fingerprint density at radius 2 is 2.10 bits per heavy atom. The van der Waals surface area contributed by atoms with E-state index >= 15 is 0 Å². The summed E-state index contributed by atoms with van der Waals surface area (Å²) in [4.78, 5) is 12.1. The molecule has 114 valence electrons. The van der Waals surface area contributed by atoms with Crippen LogP contribution >= 0.6 is 0 Å². The van der Waals surface area contributed by atoms with Crippen molar-refractivity contribution >= 4 is 12.0 Å². The molecule has 0 saturated heterocycles. The number of benzene rings is 1. The Labute approximate surface area is 125 Å². The van der Waals surface area contributed by atoms with Crippen molar-refractivity contribution in [3.05, 3.63) is 35.9 Å². The molecule has 0 radical (unpaired) electrons. The third-order valence-corrected chi connectivity index (χ3v) is 3.88. The van der Waals surface area contributed by atoms with E-state index in [0.717, 1.165) is 37.0 Å². The number of nitrogens with one attached hydrogen (secondary N) is 1. The molecule has 1 aromatic carbocycles. The van der Waals surface area contributed by atoms with Crippen molar-refractivity contribution in [1.29, 1.82) is 0 Å². The van der Waals surface area contributed by atoms with Crippen molar-refractivity contribution in [3.63, 3.8) is 0 Å². The number of hydrogen-bond acceptors (Lipinski definition) is 3. The molecule has 1 saturated carbocycles. The van der Waals surface area contributed by atoms with Gasteiger partial charge in [-0.3, -0.25) is 4.79 Å². The van der Waals surface area contributed by atoms with Gasteiger partial charge in [-0.1, -0.05) is 31.0 Å². The maximum Gasteiger partial charge on any atom is 0.244 e. The van der Waals surface area contributed by atoms with Gasteiger partial charge in [-0.15, -0.1) is 0 Å². The Morgan fingerprint density at radius 1 is 1.38 bits per heavy atom. The summed E-state index contributed by atoms with van der Waals surface area (Å²) in [6, 6.07) is 7.60. The van der Waals surface area contributed by atoms with Crippen LogP contribution in [0.2, 0.25) is 0 Å². The maximum absolute atomic E-state index is 12.1. The smallest absolute Gasteiger partial charge is 0.244 e. The Bertz CT molecular complexity index is 505. The number of carbonyl (C=O) groups is 1. The van der Waals surface area contributed by atoms with E-state index in [4.69, 9.17) is 4.74 Å². The van der Waals surface area contributed by atoms with Gasteiger partial charge in [0.05, 0.1) is 18.8 Å². The standard InChI is InChI=1S/C17H23NO3/c1-2-21-15-8-4-3-7-14(15)9-10-16(20)18-17(13-19)11-5-6-12-17/h3-4,7-10,19H,2,5-6,11-13H2,1H3,(H,18,20). The van der Waals surface area contributed by atoms with E-state index in [1.165, 1.54) is 6.08 Å². The Morgan fingerprint density at radius 3 is 2.76 bits per heavy atom. The minimum Gasteiger partial charge on any atom is -0.493 e. The molecule has 0 atom stereocenters. The molecule has 21 heavy (non-hydrogen) atoms. The van der Waals surface area contributed by atoms with Crippen LogP contribution < -0.4 is 10.1 Å². The van der Waals surface area contributed by atoms with Gasteiger partial charge in [0.25, 0.3) is 0 Å². The fourth-order valence-corrected chi connectivity index (χ4v) is 2.75. The van der Waals surface area contributed by atoms with Crippen LogP contribution in [0.25, 0.3) is 6.08 Å². The van der Waals surface area contributed by atoms with Crippen LogP contribution in [0.1, 0.15) is 38.2 Å². The second-order valence-electron chi connectivity index (χ2n) is 5.44. The van der Waals surface area contributed by atoms with Crippen LogP contribution in [-0.4, -0.2) is 29.8 Å². The van der Waals surface area contributed by atoms with E-state index in [0.29, 0.717) is 6.61 Å². The lowest BCUT2D eigenvalue weighted by Gasteiger charge is -2.27. The van der Waals surface area contributed by atoms with Crippen LogP contribution in [-0.2, 0) is 4.79 Å². The first-order valence-corrected chi connectivity index (χ1v) is 7.52. The van der Waals surface area contributed by atoms with Crippen LogP contribution in [0.15, 0.2) is 30.3 Å². The zero-order valence-corrected chi connectivity index (χ0v) is 12.5. The number of amides is 1. The molecule has 0 bridgehead atoms. The van der Waals surface area contributed by atoms with Crippen molar-refractivity contribution in [3.8, 4) is 5.75 Å². The molecule has 0 spiro atoms. The first kappa shape index (κ1) is 15.6. The Balaban J connectivity index is 2.02. The molecule has 1 fully saturated rings. The fraction of sp³-hybridized carbons (Fsp3) is 0.471. The predicted octanol–water partition coefficient (Wildman–Crippen LogP) is 2.52. The number of rotatable bonds is 6. The van der Waals surface area contributed by atoms with Crippen molar-refractivity contribution in [2.75, 3.05) is 13.2 Å². The molecule has 1 aromatic rings. The number of aliphatic hydroxyl groups excluding tert-OH is 1. The summed E-state index contributed by atoms with van der Waals surface area (Å²) < 4.78 is 5.52. The van der Waals surface area contributed by atoms with E-state index in [1.54, 1.807) is 6.08 Å². The number of para-hydroxylation sites is 1. The largest absolute Gasteiger partial charge is 0.493 e. The van der Waals surface area contributed by atoms with Gasteiger partial charge in [0.2, 0.25) is 5.91 Å². The molecule has 1 aliphatic carbocycles. The topological polar surface area (TPSA) is 58.6 Å². The zero-order valence-electron chi connectivity index (χ0n) is 12.5. The molecule has 0 aromatic heterocycles. The van der Waals surface area contributed by atoms with E-state index in [9.17, 15) is 9.90 Å². The van der Waals surface area contributed by atoms with Crippen molar-refractivity contribution in [2.24, 2.45) is 0 Å². The zero-order chi connectivity index (χ0) is 15.1. The van der Waals surface area contributed by atoms with Gasteiger partial charge < -0.3 is 15.2 Å². The third kappa shape index (κ3) is 4.08. The highest BCUT2D eigenvalue weighted by Gasteiger charge is 2.33. The lowest BCUT2D eigenvalue weighted by molar-refractivity contribution is -0.118. The van der Waals surface area contributed by atoms with Gasteiger partial charge >= 0.3 is 0 Å². The lowest BCUT2D eigenvalue weighted by Crippen LogP contribution is -2.48. The van der Waals surface area contributed by atoms with Gasteiger partial charge in [-0.05, 0) is 31.9 Å². The summed E-state index contributed by atoms with van der Waals surface area (Å²) >= 11 is 0. The van der Waals surface area contributed by atoms with Crippen LogP contribution in [0.3, 0.4) is 0 Å². The van der Waals surface area contributed by atoms with Gasteiger partial charge in [-0.2, -0.15) is 0 Å². The molecule has 0 heterocycles. The number of aliphatic hydroxyl groups is 1. The average molecular weight is 289 g/mol. The van der Waals surface area contributed by atoms with E-state index in [2.05, 4.69) is 5.32 Å². The monoisotopic (exact) mass is 289 g/mol. The lowest BCUT2D eigenvalue weighted by atomic mass is 9.99. The summed E-state index contributed by atoms with van der Waals surface area (Å²) in [6.45, 7) is 2.52. The summed E-state index contributed by atoms with van der Waals surface area (Å²) in [5, 5.41) is 12.5. The number of ether oxygens (including phenoxy) is 1. The number of carbonyl (C=O) groups excluding carboxylic acids is 1. The minimum atomic E-state index is -0.430. The number of hydrogen-bond donors (Lipinski definition) is 2. The van der Waals surface area contributed by atoms with Gasteiger partial charge in [0.15, 0.2) is 0 Å². The second kappa shape index (κ2) is 7.27. The first-order valence-electron chi connectivity index (χ1n) is 7.52. The molecule has 1 amide bonds. The maximum atomic E-state index is 12.1. The van der Waals surface area contributed by atoms with E-state index in [-0.39, 0.29) is 12.5 Å². The summed E-state index contributed by atoms with van der Waals surface area (Å²) in [5.74, 6) is 0.596. The Hall–Kier alpha value is -1.81. The molecule has 0 aliphatic heterocycles. The molecular formula is C17H23NO3. The summed E-state index contributed by atoms with van der Waals surface area (Å²) in [6.07, 6.45) is 7.06. The third-order valence-electron chi connectivity index (χ3n) is 3.88. The first-order chi connectivity index (χ1) is 10.2. The average Bonchev–Trinajstić information content (AvgIpc) is 2.96. The predicted molar refractivity (Wildman–Crippen MR) is 83.1 cm³/mol.